The number of aromatic nitrogens is 4. The van der Waals surface area contributed by atoms with Crippen LogP contribution in [0.5, 0.6) is 0 Å². The number of benzene rings is 1. The summed E-state index contributed by atoms with van der Waals surface area (Å²) >= 11 is 0. The molecule has 2 aromatic heterocycles. The lowest BCUT2D eigenvalue weighted by Gasteiger charge is -2.07. The van der Waals surface area contributed by atoms with Crippen LogP contribution in [0.25, 0.3) is 16.6 Å². The van der Waals surface area contributed by atoms with Crippen LogP contribution in [0, 0.1) is 0 Å². The quantitative estimate of drug-likeness (QED) is 0.726. The van der Waals surface area contributed by atoms with Crippen LogP contribution in [0.15, 0.2) is 36.7 Å². The van der Waals surface area contributed by atoms with Crippen LogP contribution in [0.1, 0.15) is 50.8 Å². The first-order chi connectivity index (χ1) is 10.0. The van der Waals surface area contributed by atoms with Crippen molar-refractivity contribution in [2.24, 2.45) is 0 Å². The Morgan fingerprint density at radius 1 is 1.00 bits per heavy atom. The minimum Gasteiger partial charge on any atom is -0.254 e. The molecule has 0 radical (unpaired) electrons. The van der Waals surface area contributed by atoms with E-state index in [9.17, 15) is 0 Å². The molecule has 0 N–H and O–H groups in total. The molecule has 108 valence electrons. The van der Waals surface area contributed by atoms with Crippen LogP contribution in [-0.2, 0) is 0 Å². The second-order valence-electron chi connectivity index (χ2n) is 6.04. The molecular weight excluding hydrogens is 260 g/mol. The summed E-state index contributed by atoms with van der Waals surface area (Å²) in [6.07, 6.45) is 3.82. The largest absolute Gasteiger partial charge is 0.254 e. The van der Waals surface area contributed by atoms with Gasteiger partial charge in [-0.3, -0.25) is 4.98 Å². The minimum atomic E-state index is 0.375. The Labute approximate surface area is 124 Å². The summed E-state index contributed by atoms with van der Waals surface area (Å²) in [5.74, 6) is 0.886. The Kier molecular flexibility index (Phi) is 3.45. The number of hydrogen-bond acceptors (Lipinski definition) is 3. The molecule has 0 aliphatic rings. The van der Waals surface area contributed by atoms with Gasteiger partial charge in [0.1, 0.15) is 0 Å². The van der Waals surface area contributed by atoms with Gasteiger partial charge in [0.15, 0.2) is 0 Å². The van der Waals surface area contributed by atoms with E-state index in [0.29, 0.717) is 11.8 Å². The lowest BCUT2D eigenvalue weighted by atomic mass is 10.0. The first kappa shape index (κ1) is 13.7. The van der Waals surface area contributed by atoms with Crippen LogP contribution < -0.4 is 0 Å². The molecule has 0 atom stereocenters. The number of pyridine rings is 1. The van der Waals surface area contributed by atoms with Crippen molar-refractivity contribution < 1.29 is 0 Å². The first-order valence-corrected chi connectivity index (χ1v) is 7.37. The maximum atomic E-state index is 4.52. The van der Waals surface area contributed by atoms with E-state index >= 15 is 0 Å². The monoisotopic (exact) mass is 280 g/mol. The van der Waals surface area contributed by atoms with Crippen LogP contribution >= 0.6 is 0 Å². The highest BCUT2D eigenvalue weighted by Gasteiger charge is 2.08. The molecule has 0 fully saturated rings. The standard InChI is InChI=1S/C17H20N4/c1-11(2)13-5-6-16-14(7-13)8-15(9-18-16)21-10-17(12(3)4)19-20-21/h5-12H,1-4H3. The minimum absolute atomic E-state index is 0.375. The lowest BCUT2D eigenvalue weighted by Crippen LogP contribution is -1.96. The molecule has 0 spiro atoms. The number of hydrogen-bond donors (Lipinski definition) is 0. The fraction of sp³-hybridized carbons (Fsp3) is 0.353. The highest BCUT2D eigenvalue weighted by molar-refractivity contribution is 5.81. The second kappa shape index (κ2) is 5.28. The van der Waals surface area contributed by atoms with E-state index in [4.69, 9.17) is 0 Å². The van der Waals surface area contributed by atoms with Crippen molar-refractivity contribution in [3.05, 3.63) is 47.9 Å². The number of fused-ring (bicyclic) bond motifs is 1. The zero-order chi connectivity index (χ0) is 15.0. The van der Waals surface area contributed by atoms with E-state index in [1.54, 1.807) is 4.68 Å². The Morgan fingerprint density at radius 3 is 2.48 bits per heavy atom. The van der Waals surface area contributed by atoms with E-state index < -0.39 is 0 Å². The van der Waals surface area contributed by atoms with Gasteiger partial charge in [0.05, 0.1) is 29.3 Å². The number of rotatable bonds is 3. The van der Waals surface area contributed by atoms with Gasteiger partial charge in [-0.25, -0.2) is 4.68 Å². The average molecular weight is 280 g/mol. The molecule has 21 heavy (non-hydrogen) atoms. The zero-order valence-electron chi connectivity index (χ0n) is 12.9. The van der Waals surface area contributed by atoms with Crippen molar-refractivity contribution in [2.75, 3.05) is 0 Å². The third kappa shape index (κ3) is 2.66. The maximum Gasteiger partial charge on any atom is 0.0857 e. The Hall–Kier alpha value is -2.23. The third-order valence-electron chi connectivity index (χ3n) is 3.72. The van der Waals surface area contributed by atoms with Crippen molar-refractivity contribution in [3.8, 4) is 5.69 Å². The van der Waals surface area contributed by atoms with E-state index in [2.05, 4.69) is 67.3 Å². The molecule has 0 aliphatic heterocycles. The molecule has 1 aromatic carbocycles. The fourth-order valence-corrected chi connectivity index (χ4v) is 2.29. The summed E-state index contributed by atoms with van der Waals surface area (Å²) < 4.78 is 1.80. The molecular formula is C17H20N4. The van der Waals surface area contributed by atoms with Gasteiger partial charge in [-0.05, 0) is 35.6 Å². The van der Waals surface area contributed by atoms with Crippen LogP contribution in [0.3, 0.4) is 0 Å². The van der Waals surface area contributed by atoms with E-state index in [0.717, 1.165) is 22.3 Å². The zero-order valence-corrected chi connectivity index (χ0v) is 12.9. The van der Waals surface area contributed by atoms with Crippen molar-refractivity contribution >= 4 is 10.9 Å². The SMILES string of the molecule is CC(C)c1ccc2ncc(-n3cc(C(C)C)nn3)cc2c1. The highest BCUT2D eigenvalue weighted by atomic mass is 15.4. The Morgan fingerprint density at radius 2 is 1.81 bits per heavy atom. The Bertz CT molecular complexity index is 771. The van der Waals surface area contributed by atoms with Gasteiger partial charge >= 0.3 is 0 Å². The molecule has 0 bridgehead atoms. The summed E-state index contributed by atoms with van der Waals surface area (Å²) in [6.45, 7) is 8.62. The van der Waals surface area contributed by atoms with Crippen LogP contribution in [-0.4, -0.2) is 20.0 Å². The first-order valence-electron chi connectivity index (χ1n) is 7.37. The molecule has 2 heterocycles. The van der Waals surface area contributed by atoms with Gasteiger partial charge in [0.2, 0.25) is 0 Å². The molecule has 4 nitrogen and oxygen atoms in total. The highest BCUT2D eigenvalue weighted by Crippen LogP contribution is 2.22. The van der Waals surface area contributed by atoms with Crippen molar-refractivity contribution in [1.82, 2.24) is 20.0 Å². The molecule has 0 saturated heterocycles. The van der Waals surface area contributed by atoms with Crippen molar-refractivity contribution in [2.45, 2.75) is 39.5 Å². The summed E-state index contributed by atoms with van der Waals surface area (Å²) in [5.41, 5.74) is 4.27. The molecule has 0 amide bonds. The van der Waals surface area contributed by atoms with Crippen molar-refractivity contribution in [1.29, 1.82) is 0 Å². The average Bonchev–Trinajstić information content (AvgIpc) is 2.96. The summed E-state index contributed by atoms with van der Waals surface area (Å²) in [4.78, 5) is 4.52. The Balaban J connectivity index is 2.06. The third-order valence-corrected chi connectivity index (χ3v) is 3.72. The lowest BCUT2D eigenvalue weighted by molar-refractivity contribution is 0.775. The van der Waals surface area contributed by atoms with Gasteiger partial charge in [-0.2, -0.15) is 0 Å². The van der Waals surface area contributed by atoms with Crippen LogP contribution in [0.2, 0.25) is 0 Å². The second-order valence-corrected chi connectivity index (χ2v) is 6.04. The van der Waals surface area contributed by atoms with Gasteiger partial charge in [-0.1, -0.05) is 39.0 Å². The molecule has 3 aromatic rings. The van der Waals surface area contributed by atoms with Crippen molar-refractivity contribution in [3.63, 3.8) is 0 Å². The molecule has 3 rings (SSSR count). The number of nitrogens with zero attached hydrogens (tertiary/aromatic N) is 4. The summed E-state index contributed by atoms with van der Waals surface area (Å²) in [6, 6.07) is 8.55. The van der Waals surface area contributed by atoms with E-state index in [1.165, 1.54) is 5.56 Å². The summed E-state index contributed by atoms with van der Waals surface area (Å²) in [7, 11) is 0. The van der Waals surface area contributed by atoms with Gasteiger partial charge in [-0.15, -0.1) is 5.10 Å². The molecule has 0 unspecified atom stereocenters. The molecule has 4 heteroatoms. The predicted octanol–water partition coefficient (Wildman–Crippen LogP) is 4.06. The molecule has 0 saturated carbocycles. The van der Waals surface area contributed by atoms with E-state index in [-0.39, 0.29) is 0 Å². The molecule has 0 aliphatic carbocycles. The van der Waals surface area contributed by atoms with Gasteiger partial charge in [0, 0.05) is 5.39 Å². The predicted molar refractivity (Wildman–Crippen MR) is 84.8 cm³/mol. The summed E-state index contributed by atoms with van der Waals surface area (Å²) in [5, 5.41) is 9.54. The van der Waals surface area contributed by atoms with E-state index in [1.807, 2.05) is 12.4 Å². The maximum absolute atomic E-state index is 4.52. The smallest absolute Gasteiger partial charge is 0.0857 e. The normalized spacial score (nSPS) is 11.7. The fourth-order valence-electron chi connectivity index (χ4n) is 2.29. The van der Waals surface area contributed by atoms with Gasteiger partial charge < -0.3 is 0 Å². The van der Waals surface area contributed by atoms with Crippen LogP contribution in [0.4, 0.5) is 0 Å². The van der Waals surface area contributed by atoms with Gasteiger partial charge in [0.25, 0.3) is 0 Å². The topological polar surface area (TPSA) is 43.6 Å².